The molecular formula is C22H32N4. The molecular weight excluding hydrogens is 320 g/mol. The third-order valence-corrected chi connectivity index (χ3v) is 6.23. The summed E-state index contributed by atoms with van der Waals surface area (Å²) in [6.07, 6.45) is 7.52. The van der Waals surface area contributed by atoms with Crippen LogP contribution in [0.1, 0.15) is 67.5 Å². The van der Waals surface area contributed by atoms with Crippen LogP contribution in [0.5, 0.6) is 0 Å². The molecule has 0 bridgehead atoms. The standard InChI is InChI=1S/C22H32N4/c1-4-25-14-8-6-10-20(25)21-19-9-5-7-13-23-22(19)26(24-21)18-12-11-16(2)17(3)15-18/h11-12,15,20,23H,4-10,13-14H2,1-3H3. The Labute approximate surface area is 157 Å². The van der Waals surface area contributed by atoms with Gasteiger partial charge in [-0.25, -0.2) is 4.68 Å². The van der Waals surface area contributed by atoms with E-state index in [0.29, 0.717) is 6.04 Å². The van der Waals surface area contributed by atoms with Gasteiger partial charge in [-0.3, -0.25) is 4.90 Å². The second-order valence-corrected chi connectivity index (χ2v) is 7.92. The summed E-state index contributed by atoms with van der Waals surface area (Å²) in [7, 11) is 0. The van der Waals surface area contributed by atoms with Crippen LogP contribution in [0.25, 0.3) is 5.69 Å². The fourth-order valence-electron chi connectivity index (χ4n) is 4.52. The van der Waals surface area contributed by atoms with Crippen molar-refractivity contribution in [1.82, 2.24) is 14.7 Å². The molecule has 1 N–H and O–H groups in total. The number of nitrogens with one attached hydrogen (secondary N) is 1. The lowest BCUT2D eigenvalue weighted by molar-refractivity contribution is 0.152. The number of aromatic nitrogens is 2. The quantitative estimate of drug-likeness (QED) is 0.862. The first-order valence-corrected chi connectivity index (χ1v) is 10.4. The van der Waals surface area contributed by atoms with E-state index in [9.17, 15) is 0 Å². The number of fused-ring (bicyclic) bond motifs is 1. The predicted molar refractivity (Wildman–Crippen MR) is 108 cm³/mol. The average Bonchev–Trinajstić information content (AvgIpc) is 2.85. The van der Waals surface area contributed by atoms with Gasteiger partial charge in [0.15, 0.2) is 0 Å². The zero-order chi connectivity index (χ0) is 18.1. The van der Waals surface area contributed by atoms with Crippen molar-refractivity contribution in [3.63, 3.8) is 0 Å². The van der Waals surface area contributed by atoms with Crippen molar-refractivity contribution < 1.29 is 0 Å². The number of hydrogen-bond acceptors (Lipinski definition) is 3. The van der Waals surface area contributed by atoms with Crippen LogP contribution in [0, 0.1) is 13.8 Å². The van der Waals surface area contributed by atoms with E-state index in [1.54, 1.807) is 0 Å². The molecule has 2 aliphatic heterocycles. The van der Waals surface area contributed by atoms with Gasteiger partial charge in [-0.2, -0.15) is 5.10 Å². The van der Waals surface area contributed by atoms with Gasteiger partial charge in [0.2, 0.25) is 0 Å². The maximum absolute atomic E-state index is 5.21. The van der Waals surface area contributed by atoms with Crippen molar-refractivity contribution in [2.45, 2.75) is 65.3 Å². The molecule has 0 saturated carbocycles. The van der Waals surface area contributed by atoms with Gasteiger partial charge in [-0.15, -0.1) is 0 Å². The Bertz CT molecular complexity index is 777. The lowest BCUT2D eigenvalue weighted by atomic mass is 9.95. The van der Waals surface area contributed by atoms with Crippen molar-refractivity contribution in [2.75, 3.05) is 25.0 Å². The maximum Gasteiger partial charge on any atom is 0.133 e. The van der Waals surface area contributed by atoms with Crippen molar-refractivity contribution in [1.29, 1.82) is 0 Å². The van der Waals surface area contributed by atoms with E-state index in [4.69, 9.17) is 5.10 Å². The number of anilines is 1. The highest BCUT2D eigenvalue weighted by atomic mass is 15.4. The van der Waals surface area contributed by atoms with Gasteiger partial charge in [-0.1, -0.05) is 19.4 Å². The van der Waals surface area contributed by atoms with Crippen LogP contribution in [0.4, 0.5) is 5.82 Å². The van der Waals surface area contributed by atoms with E-state index >= 15 is 0 Å². The first-order valence-electron chi connectivity index (χ1n) is 10.4. The summed E-state index contributed by atoms with van der Waals surface area (Å²) >= 11 is 0. The Balaban J connectivity index is 1.82. The number of nitrogens with zero attached hydrogens (tertiary/aromatic N) is 3. The predicted octanol–water partition coefficient (Wildman–Crippen LogP) is 4.78. The summed E-state index contributed by atoms with van der Waals surface area (Å²) in [6.45, 7) is 10.0. The number of hydrogen-bond donors (Lipinski definition) is 1. The molecule has 1 saturated heterocycles. The summed E-state index contributed by atoms with van der Waals surface area (Å²) in [5, 5.41) is 8.91. The molecule has 2 aromatic rings. The van der Waals surface area contributed by atoms with E-state index in [-0.39, 0.29) is 0 Å². The molecule has 140 valence electrons. The van der Waals surface area contributed by atoms with Crippen molar-refractivity contribution in [2.24, 2.45) is 0 Å². The second kappa shape index (κ2) is 7.43. The summed E-state index contributed by atoms with van der Waals surface area (Å²) in [4.78, 5) is 2.63. The molecule has 0 radical (unpaired) electrons. The smallest absolute Gasteiger partial charge is 0.133 e. The van der Waals surface area contributed by atoms with E-state index in [1.165, 1.54) is 72.5 Å². The Kier molecular flexibility index (Phi) is 5.03. The van der Waals surface area contributed by atoms with Crippen molar-refractivity contribution in [3.05, 3.63) is 40.6 Å². The Morgan fingerprint density at radius 3 is 2.81 bits per heavy atom. The molecule has 1 fully saturated rings. The first kappa shape index (κ1) is 17.6. The average molecular weight is 353 g/mol. The molecule has 4 heteroatoms. The molecule has 4 rings (SSSR count). The molecule has 0 aliphatic carbocycles. The SMILES string of the molecule is CCN1CCCCC1c1nn(-c2ccc(C)c(C)c2)c2c1CCCCN2. The van der Waals surface area contributed by atoms with Gasteiger partial charge in [0.1, 0.15) is 5.82 Å². The van der Waals surface area contributed by atoms with E-state index in [1.807, 2.05) is 0 Å². The lowest BCUT2D eigenvalue weighted by Crippen LogP contribution is -2.33. The molecule has 1 aromatic heterocycles. The van der Waals surface area contributed by atoms with E-state index in [0.717, 1.165) is 19.5 Å². The van der Waals surface area contributed by atoms with Crippen LogP contribution < -0.4 is 5.32 Å². The zero-order valence-corrected chi connectivity index (χ0v) is 16.5. The largest absolute Gasteiger partial charge is 0.370 e. The monoisotopic (exact) mass is 352 g/mol. The van der Waals surface area contributed by atoms with Crippen molar-refractivity contribution >= 4 is 5.82 Å². The van der Waals surface area contributed by atoms with Gasteiger partial charge in [0, 0.05) is 12.1 Å². The highest BCUT2D eigenvalue weighted by molar-refractivity contribution is 5.56. The number of rotatable bonds is 3. The summed E-state index contributed by atoms with van der Waals surface area (Å²) in [5.74, 6) is 1.24. The van der Waals surface area contributed by atoms with E-state index < -0.39 is 0 Å². The fourth-order valence-corrected chi connectivity index (χ4v) is 4.52. The Morgan fingerprint density at radius 2 is 2.00 bits per heavy atom. The summed E-state index contributed by atoms with van der Waals surface area (Å²) in [5.41, 5.74) is 6.64. The molecule has 0 spiro atoms. The van der Waals surface area contributed by atoms with Crippen molar-refractivity contribution in [3.8, 4) is 5.69 Å². The molecule has 26 heavy (non-hydrogen) atoms. The number of aryl methyl sites for hydroxylation is 2. The third-order valence-electron chi connectivity index (χ3n) is 6.23. The summed E-state index contributed by atoms with van der Waals surface area (Å²) < 4.78 is 2.19. The van der Waals surface area contributed by atoms with Gasteiger partial charge in [-0.05, 0) is 82.3 Å². The van der Waals surface area contributed by atoms with Crippen LogP contribution in [-0.4, -0.2) is 34.3 Å². The molecule has 1 atom stereocenters. The topological polar surface area (TPSA) is 33.1 Å². The van der Waals surface area contributed by atoms with Crippen LogP contribution in [0.3, 0.4) is 0 Å². The van der Waals surface area contributed by atoms with Gasteiger partial charge in [0.25, 0.3) is 0 Å². The molecule has 1 unspecified atom stereocenters. The highest BCUT2D eigenvalue weighted by Gasteiger charge is 2.30. The zero-order valence-electron chi connectivity index (χ0n) is 16.5. The van der Waals surface area contributed by atoms with Gasteiger partial charge >= 0.3 is 0 Å². The van der Waals surface area contributed by atoms with Crippen LogP contribution in [0.15, 0.2) is 18.2 Å². The fraction of sp³-hybridized carbons (Fsp3) is 0.591. The maximum atomic E-state index is 5.21. The molecule has 2 aliphatic rings. The lowest BCUT2D eigenvalue weighted by Gasteiger charge is -2.34. The van der Waals surface area contributed by atoms with Gasteiger partial charge in [0.05, 0.1) is 17.4 Å². The van der Waals surface area contributed by atoms with Crippen LogP contribution in [0.2, 0.25) is 0 Å². The number of benzene rings is 1. The van der Waals surface area contributed by atoms with E-state index in [2.05, 4.69) is 53.9 Å². The summed E-state index contributed by atoms with van der Waals surface area (Å²) in [6, 6.07) is 7.19. The number of piperidine rings is 1. The first-order chi connectivity index (χ1) is 12.7. The normalized spacial score (nSPS) is 21.1. The number of likely N-dealkylation sites (tertiary alicyclic amines) is 1. The molecule has 4 nitrogen and oxygen atoms in total. The van der Waals surface area contributed by atoms with Crippen LogP contribution in [-0.2, 0) is 6.42 Å². The second-order valence-electron chi connectivity index (χ2n) is 7.92. The Morgan fingerprint density at radius 1 is 1.12 bits per heavy atom. The molecule has 3 heterocycles. The third kappa shape index (κ3) is 3.16. The van der Waals surface area contributed by atoms with Crippen LogP contribution >= 0.6 is 0 Å². The Hall–Kier alpha value is -1.81. The minimum absolute atomic E-state index is 0.482. The van der Waals surface area contributed by atoms with Gasteiger partial charge < -0.3 is 5.32 Å². The minimum atomic E-state index is 0.482. The molecule has 0 amide bonds. The molecule has 1 aromatic carbocycles. The highest BCUT2D eigenvalue weighted by Crippen LogP contribution is 2.37. The minimum Gasteiger partial charge on any atom is -0.370 e.